The monoisotopic (exact) mass is 296 g/mol. The molecule has 1 heterocycles. The number of carbonyl (C=O) groups is 1. The highest BCUT2D eigenvalue weighted by atomic mass is 16.4. The first kappa shape index (κ1) is 16.1. The maximum absolute atomic E-state index is 13.0. The number of hydrogen-bond acceptors (Lipinski definition) is 4. The molecule has 0 atom stereocenters. The molecule has 6 heteroatoms. The van der Waals surface area contributed by atoms with Gasteiger partial charge in [0.15, 0.2) is 5.84 Å². The number of nitrogens with zero attached hydrogens (tertiary/aromatic N) is 3. The Morgan fingerprint density at radius 1 is 1.19 bits per heavy atom. The Balaban J connectivity index is 2.06. The largest absolute Gasteiger partial charge is 0.409 e. The van der Waals surface area contributed by atoms with Crippen molar-refractivity contribution in [2.75, 3.05) is 32.7 Å². The van der Waals surface area contributed by atoms with Gasteiger partial charge in [-0.3, -0.25) is 9.69 Å². The summed E-state index contributed by atoms with van der Waals surface area (Å²) in [6.07, 6.45) is 5.61. The molecule has 2 aliphatic rings. The van der Waals surface area contributed by atoms with Crippen molar-refractivity contribution in [3.05, 3.63) is 0 Å². The van der Waals surface area contributed by atoms with Crippen LogP contribution in [0.25, 0.3) is 0 Å². The van der Waals surface area contributed by atoms with Gasteiger partial charge in [-0.15, -0.1) is 0 Å². The maximum atomic E-state index is 13.0. The highest BCUT2D eigenvalue weighted by molar-refractivity contribution is 6.06. The van der Waals surface area contributed by atoms with Crippen molar-refractivity contribution in [1.29, 1.82) is 0 Å². The van der Waals surface area contributed by atoms with Gasteiger partial charge < -0.3 is 15.8 Å². The molecule has 1 saturated heterocycles. The summed E-state index contributed by atoms with van der Waals surface area (Å²) in [5, 5.41) is 12.3. The summed E-state index contributed by atoms with van der Waals surface area (Å²) in [6.45, 7) is 6.61. The molecule has 1 aliphatic carbocycles. The predicted octanol–water partition coefficient (Wildman–Crippen LogP) is 1.24. The molecule has 1 aliphatic heterocycles. The van der Waals surface area contributed by atoms with E-state index in [9.17, 15) is 4.79 Å². The van der Waals surface area contributed by atoms with E-state index in [1.165, 1.54) is 0 Å². The summed E-state index contributed by atoms with van der Waals surface area (Å²) >= 11 is 0. The van der Waals surface area contributed by atoms with E-state index in [1.807, 2.05) is 4.90 Å². The van der Waals surface area contributed by atoms with Crippen molar-refractivity contribution >= 4 is 11.7 Å². The van der Waals surface area contributed by atoms with Crippen LogP contribution in [0, 0.1) is 5.41 Å². The van der Waals surface area contributed by atoms with Crippen LogP contribution in [0.15, 0.2) is 5.16 Å². The molecule has 0 unspecified atom stereocenters. The fraction of sp³-hybridized carbons (Fsp3) is 0.867. The second-order valence-electron chi connectivity index (χ2n) is 6.26. The van der Waals surface area contributed by atoms with Gasteiger partial charge in [-0.1, -0.05) is 31.3 Å². The normalized spacial score (nSPS) is 24.0. The number of amidine groups is 1. The number of rotatable bonds is 4. The number of amides is 1. The van der Waals surface area contributed by atoms with Crippen LogP contribution in [-0.2, 0) is 4.79 Å². The minimum absolute atomic E-state index is 0.0636. The predicted molar refractivity (Wildman–Crippen MR) is 82.2 cm³/mol. The zero-order chi connectivity index (χ0) is 15.3. The average Bonchev–Trinajstić information content (AvgIpc) is 2.55. The lowest BCUT2D eigenvalue weighted by Crippen LogP contribution is -2.57. The minimum atomic E-state index is -0.764. The Bertz CT molecular complexity index is 383. The third kappa shape index (κ3) is 3.31. The molecule has 1 saturated carbocycles. The molecule has 2 rings (SSSR count). The Hall–Kier alpha value is -1.30. The van der Waals surface area contributed by atoms with Gasteiger partial charge in [-0.25, -0.2) is 0 Å². The fourth-order valence-electron chi connectivity index (χ4n) is 3.62. The number of hydrogen-bond donors (Lipinski definition) is 2. The third-order valence-corrected chi connectivity index (χ3v) is 4.91. The van der Waals surface area contributed by atoms with Gasteiger partial charge in [0.2, 0.25) is 5.91 Å². The third-order valence-electron chi connectivity index (χ3n) is 4.91. The molecule has 1 amide bonds. The van der Waals surface area contributed by atoms with Crippen LogP contribution >= 0.6 is 0 Å². The molecule has 0 aromatic heterocycles. The molecule has 0 spiro atoms. The van der Waals surface area contributed by atoms with Crippen molar-refractivity contribution in [2.24, 2.45) is 16.3 Å². The van der Waals surface area contributed by atoms with Gasteiger partial charge in [0.05, 0.1) is 0 Å². The molecule has 0 aromatic carbocycles. The topological polar surface area (TPSA) is 82.2 Å². The quantitative estimate of drug-likeness (QED) is 0.354. The molecular formula is C15H28N4O2. The molecule has 0 aromatic rings. The summed E-state index contributed by atoms with van der Waals surface area (Å²) in [5.41, 5.74) is 5.14. The second-order valence-corrected chi connectivity index (χ2v) is 6.26. The lowest BCUT2D eigenvalue weighted by Gasteiger charge is -2.42. The van der Waals surface area contributed by atoms with Crippen LogP contribution in [0.1, 0.15) is 45.4 Å². The van der Waals surface area contributed by atoms with Crippen LogP contribution in [0.3, 0.4) is 0 Å². The van der Waals surface area contributed by atoms with E-state index in [4.69, 9.17) is 10.9 Å². The van der Waals surface area contributed by atoms with Gasteiger partial charge >= 0.3 is 0 Å². The molecular weight excluding hydrogens is 268 g/mol. The van der Waals surface area contributed by atoms with Crippen LogP contribution in [-0.4, -0.2) is 59.5 Å². The number of piperazine rings is 1. The first-order chi connectivity index (χ1) is 10.1. The van der Waals surface area contributed by atoms with E-state index in [0.717, 1.165) is 58.4 Å². The van der Waals surface area contributed by atoms with Gasteiger partial charge in [-0.2, -0.15) is 0 Å². The smallest absolute Gasteiger partial charge is 0.236 e. The van der Waals surface area contributed by atoms with E-state index < -0.39 is 5.41 Å². The van der Waals surface area contributed by atoms with E-state index in [0.29, 0.717) is 12.8 Å². The summed E-state index contributed by atoms with van der Waals surface area (Å²) < 4.78 is 0. The Kier molecular flexibility index (Phi) is 5.45. The zero-order valence-corrected chi connectivity index (χ0v) is 13.1. The molecule has 0 bridgehead atoms. The van der Waals surface area contributed by atoms with E-state index >= 15 is 0 Å². The van der Waals surface area contributed by atoms with Gasteiger partial charge in [0, 0.05) is 26.2 Å². The number of oxime groups is 1. The number of nitrogens with two attached hydrogens (primary N) is 1. The Morgan fingerprint density at radius 2 is 1.81 bits per heavy atom. The summed E-state index contributed by atoms with van der Waals surface area (Å²) in [7, 11) is 0. The van der Waals surface area contributed by atoms with Crippen molar-refractivity contribution < 1.29 is 10.0 Å². The Labute approximate surface area is 127 Å². The van der Waals surface area contributed by atoms with E-state index in [1.54, 1.807) is 0 Å². The summed E-state index contributed by atoms with van der Waals surface area (Å²) in [4.78, 5) is 17.3. The van der Waals surface area contributed by atoms with Gasteiger partial charge in [0.25, 0.3) is 0 Å². The first-order valence-corrected chi connectivity index (χ1v) is 8.14. The summed E-state index contributed by atoms with van der Waals surface area (Å²) in [6, 6.07) is 0. The highest BCUT2D eigenvalue weighted by Crippen LogP contribution is 2.38. The fourth-order valence-corrected chi connectivity index (χ4v) is 3.62. The standard InChI is InChI=1S/C15H28N4O2/c1-2-8-18-9-11-19(12-10-18)14(20)15(13(16)17-21)6-4-3-5-7-15/h21H,2-12H2,1H3,(H2,16,17). The average molecular weight is 296 g/mol. The van der Waals surface area contributed by atoms with Gasteiger partial charge in [0.1, 0.15) is 5.41 Å². The molecule has 21 heavy (non-hydrogen) atoms. The van der Waals surface area contributed by atoms with E-state index in [-0.39, 0.29) is 11.7 Å². The first-order valence-electron chi connectivity index (χ1n) is 8.14. The molecule has 6 nitrogen and oxygen atoms in total. The van der Waals surface area contributed by atoms with Crippen LogP contribution in [0.2, 0.25) is 0 Å². The SMILES string of the molecule is CCCN1CCN(C(=O)C2(C(N)=NO)CCCCC2)CC1. The molecule has 120 valence electrons. The molecule has 2 fully saturated rings. The van der Waals surface area contributed by atoms with Crippen molar-refractivity contribution in [1.82, 2.24) is 9.80 Å². The molecule has 3 N–H and O–H groups in total. The van der Waals surface area contributed by atoms with Crippen LogP contribution < -0.4 is 5.73 Å². The highest BCUT2D eigenvalue weighted by Gasteiger charge is 2.46. The number of carbonyl (C=O) groups excluding carboxylic acids is 1. The minimum Gasteiger partial charge on any atom is -0.409 e. The van der Waals surface area contributed by atoms with Crippen LogP contribution in [0.5, 0.6) is 0 Å². The lowest BCUT2D eigenvalue weighted by atomic mass is 9.72. The van der Waals surface area contributed by atoms with Crippen molar-refractivity contribution in [3.8, 4) is 0 Å². The Morgan fingerprint density at radius 3 is 2.33 bits per heavy atom. The second kappa shape index (κ2) is 7.11. The van der Waals surface area contributed by atoms with E-state index in [2.05, 4.69) is 17.0 Å². The maximum Gasteiger partial charge on any atom is 0.236 e. The lowest BCUT2D eigenvalue weighted by molar-refractivity contribution is -0.141. The van der Waals surface area contributed by atoms with Crippen LogP contribution in [0.4, 0.5) is 0 Å². The van der Waals surface area contributed by atoms with Crippen molar-refractivity contribution in [2.45, 2.75) is 45.4 Å². The molecule has 0 radical (unpaired) electrons. The van der Waals surface area contributed by atoms with Gasteiger partial charge in [-0.05, 0) is 25.8 Å². The summed E-state index contributed by atoms with van der Waals surface area (Å²) in [5.74, 6) is 0.164. The van der Waals surface area contributed by atoms with Crippen molar-refractivity contribution in [3.63, 3.8) is 0 Å². The zero-order valence-electron chi connectivity index (χ0n) is 13.1.